The molecule has 2 aromatic carbocycles. The van der Waals surface area contributed by atoms with E-state index in [-0.39, 0.29) is 5.91 Å². The maximum absolute atomic E-state index is 13.1. The van der Waals surface area contributed by atoms with Crippen molar-refractivity contribution in [3.8, 4) is 5.75 Å². The van der Waals surface area contributed by atoms with E-state index in [1.807, 2.05) is 42.5 Å². The number of carbonyl (C=O) groups excluding carboxylic acids is 1. The van der Waals surface area contributed by atoms with Crippen molar-refractivity contribution in [1.82, 2.24) is 15.2 Å². The van der Waals surface area contributed by atoms with Gasteiger partial charge in [-0.25, -0.2) is 0 Å². The lowest BCUT2D eigenvalue weighted by molar-refractivity contribution is 0.0942. The number of amides is 1. The van der Waals surface area contributed by atoms with Crippen molar-refractivity contribution < 1.29 is 9.53 Å². The summed E-state index contributed by atoms with van der Waals surface area (Å²) in [6.45, 7) is 5.15. The molecule has 1 amide bonds. The molecule has 0 bridgehead atoms. The van der Waals surface area contributed by atoms with Crippen LogP contribution >= 0.6 is 23.4 Å². The van der Waals surface area contributed by atoms with Gasteiger partial charge in [0.15, 0.2) is 0 Å². The van der Waals surface area contributed by atoms with Gasteiger partial charge in [-0.2, -0.15) is 0 Å². The van der Waals surface area contributed by atoms with Crippen LogP contribution in [0, 0.1) is 0 Å². The molecule has 1 aromatic heterocycles. The molecule has 0 aliphatic carbocycles. The second-order valence-electron chi connectivity index (χ2n) is 8.29. The summed E-state index contributed by atoms with van der Waals surface area (Å²) in [5.41, 5.74) is 1.47. The Hall–Kier alpha value is -2.15. The second-order valence-corrected chi connectivity index (χ2v) is 9.81. The van der Waals surface area contributed by atoms with Crippen LogP contribution in [0.4, 0.5) is 0 Å². The summed E-state index contributed by atoms with van der Waals surface area (Å²) < 4.78 is 5.36. The fourth-order valence-electron chi connectivity index (χ4n) is 4.23. The molecule has 3 aromatic rings. The number of aromatic amines is 1. The van der Waals surface area contributed by atoms with Crippen molar-refractivity contribution in [1.29, 1.82) is 0 Å². The molecule has 32 heavy (non-hydrogen) atoms. The molecule has 1 aliphatic heterocycles. The first-order valence-electron chi connectivity index (χ1n) is 11.2. The van der Waals surface area contributed by atoms with Gasteiger partial charge in [-0.05, 0) is 69.1 Å². The molecule has 1 atom stereocenters. The summed E-state index contributed by atoms with van der Waals surface area (Å²) in [5.74, 6) is 0.674. The molecule has 0 unspecified atom stereocenters. The largest absolute Gasteiger partial charge is 0.497 e. The van der Waals surface area contributed by atoms with E-state index in [1.54, 1.807) is 18.9 Å². The number of ether oxygens (including phenoxy) is 1. The molecule has 2 N–H and O–H groups in total. The topological polar surface area (TPSA) is 57.4 Å². The molecule has 7 heteroatoms. The van der Waals surface area contributed by atoms with Crippen LogP contribution in [0.15, 0.2) is 52.3 Å². The maximum Gasteiger partial charge on any atom is 0.268 e. The molecular weight excluding hydrogens is 442 g/mol. The number of halogens is 1. The first-order chi connectivity index (χ1) is 15.5. The molecule has 0 radical (unpaired) electrons. The van der Waals surface area contributed by atoms with Crippen LogP contribution in [-0.4, -0.2) is 48.6 Å². The molecule has 1 fully saturated rings. The highest BCUT2D eigenvalue weighted by molar-refractivity contribution is 7.99. The van der Waals surface area contributed by atoms with Crippen LogP contribution in [0.3, 0.4) is 0 Å². The molecule has 5 nitrogen and oxygen atoms in total. The quantitative estimate of drug-likeness (QED) is 0.397. The molecule has 0 spiro atoms. The van der Waals surface area contributed by atoms with E-state index in [1.165, 1.54) is 25.8 Å². The number of benzene rings is 2. The van der Waals surface area contributed by atoms with Gasteiger partial charge < -0.3 is 19.9 Å². The Morgan fingerprint density at radius 1 is 1.25 bits per heavy atom. The fourth-order valence-corrected chi connectivity index (χ4v) is 5.39. The van der Waals surface area contributed by atoms with Crippen LogP contribution in [0.1, 0.15) is 43.1 Å². The Morgan fingerprint density at radius 3 is 2.81 bits per heavy atom. The van der Waals surface area contributed by atoms with Gasteiger partial charge in [-0.3, -0.25) is 4.79 Å². The van der Waals surface area contributed by atoms with E-state index < -0.39 is 0 Å². The van der Waals surface area contributed by atoms with Crippen molar-refractivity contribution in [3.63, 3.8) is 0 Å². The number of carbonyl (C=O) groups is 1. The summed E-state index contributed by atoms with van der Waals surface area (Å²) >= 11 is 7.61. The van der Waals surface area contributed by atoms with Gasteiger partial charge in [0.2, 0.25) is 0 Å². The molecule has 170 valence electrons. The third-order valence-electron chi connectivity index (χ3n) is 6.07. The zero-order valence-corrected chi connectivity index (χ0v) is 20.2. The normalized spacial score (nSPS) is 16.9. The molecule has 1 saturated heterocycles. The van der Waals surface area contributed by atoms with E-state index in [9.17, 15) is 4.79 Å². The number of likely N-dealkylation sites (tertiary alicyclic amines) is 1. The average Bonchev–Trinajstić information content (AvgIpc) is 3.16. The van der Waals surface area contributed by atoms with E-state index in [4.69, 9.17) is 16.3 Å². The van der Waals surface area contributed by atoms with Gasteiger partial charge in [-0.1, -0.05) is 29.8 Å². The molecular formula is C25H30ClN3O2S. The molecule has 1 aliphatic rings. The number of nitrogens with zero attached hydrogens (tertiary/aromatic N) is 1. The Labute approximate surface area is 198 Å². The van der Waals surface area contributed by atoms with Gasteiger partial charge in [0.05, 0.1) is 17.5 Å². The summed E-state index contributed by atoms with van der Waals surface area (Å²) in [5, 5.41) is 4.81. The highest BCUT2D eigenvalue weighted by atomic mass is 35.5. The Bertz CT molecular complexity index is 1070. The zero-order chi connectivity index (χ0) is 22.5. The standard InChI is InChI=1S/C25H30ClN3O2S/c1-17-6-3-4-14-29(17)15-5-13-27-25(30)23-24(32-20-10-7-18(26)8-11-20)21-12-9-19(31-2)16-22(21)28-23/h7-12,16-17,28H,3-6,13-15H2,1-2H3,(H,27,30)/t17-/m1/s1. The lowest BCUT2D eigenvalue weighted by Crippen LogP contribution is -2.39. The fraction of sp³-hybridized carbons (Fsp3) is 0.400. The Morgan fingerprint density at radius 2 is 2.06 bits per heavy atom. The number of hydrogen-bond donors (Lipinski definition) is 2. The summed E-state index contributed by atoms with van der Waals surface area (Å²) in [4.78, 5) is 20.9. The number of nitrogens with one attached hydrogen (secondary N) is 2. The van der Waals surface area contributed by atoms with Gasteiger partial charge in [-0.15, -0.1) is 0 Å². The van der Waals surface area contributed by atoms with Crippen LogP contribution in [0.5, 0.6) is 5.75 Å². The zero-order valence-electron chi connectivity index (χ0n) is 18.6. The maximum atomic E-state index is 13.1. The highest BCUT2D eigenvalue weighted by Gasteiger charge is 2.20. The van der Waals surface area contributed by atoms with Crippen molar-refractivity contribution in [2.45, 2.75) is 48.4 Å². The number of fused-ring (bicyclic) bond motifs is 1. The first-order valence-corrected chi connectivity index (χ1v) is 12.4. The van der Waals surface area contributed by atoms with Gasteiger partial charge in [0, 0.05) is 40.5 Å². The Kier molecular flexibility index (Phi) is 7.66. The number of piperidine rings is 1. The van der Waals surface area contributed by atoms with Crippen LogP contribution in [0.2, 0.25) is 5.02 Å². The minimum atomic E-state index is -0.0803. The third-order valence-corrected chi connectivity index (χ3v) is 7.45. The third kappa shape index (κ3) is 5.42. The molecule has 2 heterocycles. The predicted octanol–water partition coefficient (Wildman–Crippen LogP) is 5.98. The second kappa shape index (κ2) is 10.6. The first kappa shape index (κ1) is 23.0. The van der Waals surface area contributed by atoms with Crippen molar-refractivity contribution in [2.24, 2.45) is 0 Å². The van der Waals surface area contributed by atoms with E-state index in [0.29, 0.717) is 23.3 Å². The monoisotopic (exact) mass is 471 g/mol. The lowest BCUT2D eigenvalue weighted by atomic mass is 10.0. The van der Waals surface area contributed by atoms with E-state index in [0.717, 1.165) is 39.4 Å². The van der Waals surface area contributed by atoms with Gasteiger partial charge in [0.1, 0.15) is 11.4 Å². The summed E-state index contributed by atoms with van der Waals surface area (Å²) in [6, 6.07) is 14.2. The summed E-state index contributed by atoms with van der Waals surface area (Å²) in [6.07, 6.45) is 4.83. The van der Waals surface area contributed by atoms with E-state index >= 15 is 0 Å². The van der Waals surface area contributed by atoms with E-state index in [2.05, 4.69) is 22.1 Å². The average molecular weight is 472 g/mol. The van der Waals surface area contributed by atoms with Crippen molar-refractivity contribution in [3.05, 3.63) is 53.2 Å². The minimum absolute atomic E-state index is 0.0803. The van der Waals surface area contributed by atoms with Gasteiger partial charge in [0.25, 0.3) is 5.91 Å². The van der Waals surface area contributed by atoms with Crippen LogP contribution < -0.4 is 10.1 Å². The van der Waals surface area contributed by atoms with Crippen LogP contribution in [0.25, 0.3) is 10.9 Å². The van der Waals surface area contributed by atoms with Crippen LogP contribution in [-0.2, 0) is 0 Å². The lowest BCUT2D eigenvalue weighted by Gasteiger charge is -2.33. The number of methoxy groups -OCH3 is 1. The number of H-pyrrole nitrogens is 1. The number of aromatic nitrogens is 1. The minimum Gasteiger partial charge on any atom is -0.497 e. The number of hydrogen-bond acceptors (Lipinski definition) is 4. The van der Waals surface area contributed by atoms with Crippen molar-refractivity contribution >= 4 is 40.2 Å². The van der Waals surface area contributed by atoms with Crippen molar-refractivity contribution in [2.75, 3.05) is 26.7 Å². The Balaban J connectivity index is 1.49. The molecule has 4 rings (SSSR count). The molecule has 0 saturated carbocycles. The highest BCUT2D eigenvalue weighted by Crippen LogP contribution is 2.38. The SMILES string of the molecule is COc1ccc2c(Sc3ccc(Cl)cc3)c(C(=O)NCCCN3CCCC[C@H]3C)[nH]c2c1. The number of rotatable bonds is 8. The summed E-state index contributed by atoms with van der Waals surface area (Å²) in [7, 11) is 1.64. The predicted molar refractivity (Wildman–Crippen MR) is 132 cm³/mol. The van der Waals surface area contributed by atoms with Gasteiger partial charge >= 0.3 is 0 Å². The smallest absolute Gasteiger partial charge is 0.268 e.